The minimum Gasteiger partial charge on any atom is -0.360 e. The Morgan fingerprint density at radius 2 is 2.17 bits per heavy atom. The second-order valence-electron chi connectivity index (χ2n) is 3.57. The van der Waals surface area contributed by atoms with E-state index in [0.717, 1.165) is 19.0 Å². The normalized spacial score (nSPS) is 10.7. The first-order chi connectivity index (χ1) is 8.63. The van der Waals surface area contributed by atoms with Crippen LogP contribution in [0, 0.1) is 11.6 Å². The highest BCUT2D eigenvalue weighted by atomic mass is 79.9. The molecule has 0 saturated heterocycles. The number of nitrogens with zero attached hydrogens (tertiary/aromatic N) is 2. The minimum atomic E-state index is -0.926. The molecule has 0 aliphatic heterocycles. The van der Waals surface area contributed by atoms with Crippen LogP contribution in [-0.4, -0.2) is 15.9 Å². The van der Waals surface area contributed by atoms with Gasteiger partial charge in [-0.2, -0.15) is 9.36 Å². The molecular weight excluding hydrogens is 324 g/mol. The molecule has 0 fully saturated rings. The van der Waals surface area contributed by atoms with Crippen LogP contribution in [0.3, 0.4) is 0 Å². The highest BCUT2D eigenvalue weighted by Gasteiger charge is 2.15. The molecule has 0 radical (unpaired) electrons. The van der Waals surface area contributed by atoms with E-state index in [-0.39, 0.29) is 4.47 Å². The van der Waals surface area contributed by atoms with Gasteiger partial charge in [-0.1, -0.05) is 6.92 Å². The number of anilines is 1. The van der Waals surface area contributed by atoms with Crippen LogP contribution in [0.2, 0.25) is 0 Å². The van der Waals surface area contributed by atoms with E-state index in [2.05, 4.69) is 30.6 Å². The van der Waals surface area contributed by atoms with E-state index in [0.29, 0.717) is 16.5 Å². The summed E-state index contributed by atoms with van der Waals surface area (Å²) in [4.78, 5) is 4.23. The Kier molecular flexibility index (Phi) is 4.23. The lowest BCUT2D eigenvalue weighted by molar-refractivity contribution is 0.504. The summed E-state index contributed by atoms with van der Waals surface area (Å²) in [5.74, 6) is -1.44. The number of benzene rings is 1. The molecule has 3 nitrogen and oxygen atoms in total. The van der Waals surface area contributed by atoms with Crippen molar-refractivity contribution in [3.63, 3.8) is 0 Å². The van der Waals surface area contributed by atoms with Crippen LogP contribution in [0.15, 0.2) is 16.6 Å². The van der Waals surface area contributed by atoms with E-state index in [1.807, 2.05) is 6.92 Å². The van der Waals surface area contributed by atoms with Crippen LogP contribution in [0.25, 0.3) is 11.4 Å². The lowest BCUT2D eigenvalue weighted by atomic mass is 10.2. The average Bonchev–Trinajstić information content (AvgIpc) is 2.82. The number of nitrogens with one attached hydrogen (secondary N) is 1. The summed E-state index contributed by atoms with van der Waals surface area (Å²) in [7, 11) is 0. The zero-order valence-corrected chi connectivity index (χ0v) is 11.9. The highest BCUT2D eigenvalue weighted by Crippen LogP contribution is 2.31. The van der Waals surface area contributed by atoms with E-state index < -0.39 is 11.6 Å². The molecule has 2 rings (SSSR count). The molecule has 1 N–H and O–H groups in total. The van der Waals surface area contributed by atoms with Gasteiger partial charge in [0.05, 0.1) is 4.47 Å². The van der Waals surface area contributed by atoms with Gasteiger partial charge in [-0.25, -0.2) is 8.78 Å². The molecule has 2 aromatic rings. The predicted octanol–water partition coefficient (Wildman–Crippen LogP) is 4.07. The predicted molar refractivity (Wildman–Crippen MR) is 71.7 cm³/mol. The monoisotopic (exact) mass is 333 g/mol. The van der Waals surface area contributed by atoms with E-state index in [1.54, 1.807) is 0 Å². The maximum Gasteiger partial charge on any atom is 0.202 e. The number of halogens is 3. The van der Waals surface area contributed by atoms with Crippen LogP contribution >= 0.6 is 27.5 Å². The Balaban J connectivity index is 2.31. The summed E-state index contributed by atoms with van der Waals surface area (Å²) >= 11 is 4.21. The molecule has 1 aromatic carbocycles. The highest BCUT2D eigenvalue weighted by molar-refractivity contribution is 9.10. The first kappa shape index (κ1) is 13.4. The van der Waals surface area contributed by atoms with Gasteiger partial charge in [0, 0.05) is 23.6 Å². The topological polar surface area (TPSA) is 37.8 Å². The molecule has 18 heavy (non-hydrogen) atoms. The molecule has 1 aromatic heterocycles. The van der Waals surface area contributed by atoms with Crippen molar-refractivity contribution in [2.75, 3.05) is 11.9 Å². The van der Waals surface area contributed by atoms with Crippen LogP contribution < -0.4 is 5.32 Å². The van der Waals surface area contributed by atoms with Gasteiger partial charge in [0.1, 0.15) is 0 Å². The fraction of sp³-hybridized carbons (Fsp3) is 0.273. The van der Waals surface area contributed by atoms with Gasteiger partial charge in [0.15, 0.2) is 17.5 Å². The fourth-order valence-electron chi connectivity index (χ4n) is 1.34. The lowest BCUT2D eigenvalue weighted by Gasteiger charge is -2.02. The van der Waals surface area contributed by atoms with Crippen molar-refractivity contribution in [1.82, 2.24) is 9.36 Å². The minimum absolute atomic E-state index is 0.0438. The summed E-state index contributed by atoms with van der Waals surface area (Å²) in [6.45, 7) is 2.84. The van der Waals surface area contributed by atoms with Crippen molar-refractivity contribution in [3.05, 3.63) is 28.2 Å². The van der Waals surface area contributed by atoms with Crippen molar-refractivity contribution >= 4 is 32.6 Å². The standard InChI is InChI=1S/C11H10BrF2N3S/c1-2-5-15-11-16-10(17-18-11)6-3-4-7(13)9(14)8(6)12/h3-4H,2,5H2,1H3,(H,15,16,17). The van der Waals surface area contributed by atoms with Gasteiger partial charge in [-0.15, -0.1) is 0 Å². The number of hydrogen-bond acceptors (Lipinski definition) is 4. The van der Waals surface area contributed by atoms with E-state index in [4.69, 9.17) is 0 Å². The SMILES string of the molecule is CCCNc1nc(-c2ccc(F)c(F)c2Br)ns1. The molecule has 1 heterocycles. The average molecular weight is 334 g/mol. The van der Waals surface area contributed by atoms with Gasteiger partial charge in [0.2, 0.25) is 5.13 Å². The summed E-state index contributed by atoms with van der Waals surface area (Å²) in [5, 5.41) is 3.76. The lowest BCUT2D eigenvalue weighted by Crippen LogP contribution is -1.98. The van der Waals surface area contributed by atoms with Crippen molar-refractivity contribution in [2.24, 2.45) is 0 Å². The molecule has 96 valence electrons. The van der Waals surface area contributed by atoms with Gasteiger partial charge in [-0.05, 0) is 34.5 Å². The molecule has 0 saturated carbocycles. The van der Waals surface area contributed by atoms with E-state index >= 15 is 0 Å². The molecule has 0 bridgehead atoms. The van der Waals surface area contributed by atoms with Crippen LogP contribution in [0.1, 0.15) is 13.3 Å². The van der Waals surface area contributed by atoms with Crippen molar-refractivity contribution in [1.29, 1.82) is 0 Å². The Morgan fingerprint density at radius 1 is 1.39 bits per heavy atom. The van der Waals surface area contributed by atoms with Crippen LogP contribution in [0.4, 0.5) is 13.9 Å². The second kappa shape index (κ2) is 5.71. The molecule has 0 aliphatic carbocycles. The van der Waals surface area contributed by atoms with Crippen LogP contribution in [-0.2, 0) is 0 Å². The third-order valence-electron chi connectivity index (χ3n) is 2.23. The maximum absolute atomic E-state index is 13.4. The molecule has 0 unspecified atom stereocenters. The quantitative estimate of drug-likeness (QED) is 0.857. The number of aromatic nitrogens is 2. The van der Waals surface area contributed by atoms with E-state index in [9.17, 15) is 8.78 Å². The zero-order chi connectivity index (χ0) is 13.1. The van der Waals surface area contributed by atoms with Crippen molar-refractivity contribution in [3.8, 4) is 11.4 Å². The van der Waals surface area contributed by atoms with Gasteiger partial charge in [-0.3, -0.25) is 0 Å². The van der Waals surface area contributed by atoms with Crippen molar-refractivity contribution in [2.45, 2.75) is 13.3 Å². The fourth-order valence-corrected chi connectivity index (χ4v) is 2.44. The van der Waals surface area contributed by atoms with Gasteiger partial charge >= 0.3 is 0 Å². The number of hydrogen-bond donors (Lipinski definition) is 1. The summed E-state index contributed by atoms with van der Waals surface area (Å²) < 4.78 is 30.6. The third kappa shape index (κ3) is 2.67. The van der Waals surface area contributed by atoms with E-state index in [1.165, 1.54) is 17.6 Å². The summed E-state index contributed by atoms with van der Waals surface area (Å²) in [6.07, 6.45) is 0.976. The Labute approximate surface area is 116 Å². The Morgan fingerprint density at radius 3 is 2.89 bits per heavy atom. The maximum atomic E-state index is 13.4. The largest absolute Gasteiger partial charge is 0.360 e. The molecule has 7 heteroatoms. The summed E-state index contributed by atoms with van der Waals surface area (Å²) in [5.41, 5.74) is 0.440. The number of rotatable bonds is 4. The zero-order valence-electron chi connectivity index (χ0n) is 9.51. The Hall–Kier alpha value is -1.08. The first-order valence-electron chi connectivity index (χ1n) is 5.35. The van der Waals surface area contributed by atoms with Gasteiger partial charge in [0.25, 0.3) is 0 Å². The molecule has 0 spiro atoms. The second-order valence-corrected chi connectivity index (χ2v) is 5.12. The smallest absolute Gasteiger partial charge is 0.202 e. The third-order valence-corrected chi connectivity index (χ3v) is 3.68. The molecule has 0 atom stereocenters. The molecule has 0 amide bonds. The van der Waals surface area contributed by atoms with Gasteiger partial charge < -0.3 is 5.32 Å². The molecular formula is C11H10BrF2N3S. The Bertz CT molecular complexity index is 559. The summed E-state index contributed by atoms with van der Waals surface area (Å²) in [6, 6.07) is 2.52. The first-order valence-corrected chi connectivity index (χ1v) is 6.91. The van der Waals surface area contributed by atoms with Crippen molar-refractivity contribution < 1.29 is 8.78 Å². The molecule has 0 aliphatic rings. The van der Waals surface area contributed by atoms with Crippen LogP contribution in [0.5, 0.6) is 0 Å².